The molecule has 0 aliphatic rings. The molecule has 0 spiro atoms. The highest BCUT2D eigenvalue weighted by molar-refractivity contribution is 9.10. The molecule has 0 amide bonds. The van der Waals surface area contributed by atoms with Gasteiger partial charge in [-0.3, -0.25) is 10.1 Å². The summed E-state index contributed by atoms with van der Waals surface area (Å²) in [6.45, 7) is 0.303. The average molecular weight is 435 g/mol. The van der Waals surface area contributed by atoms with Crippen molar-refractivity contribution >= 4 is 49.1 Å². The Morgan fingerprint density at radius 3 is 2.48 bits per heavy atom. The fraction of sp³-hybridized carbons (Fsp3) is 0.143. The maximum Gasteiger partial charge on any atom is 0.270 e. The summed E-state index contributed by atoms with van der Waals surface area (Å²) in [6, 6.07) is 10.2. The molecule has 0 saturated carbocycles. The van der Waals surface area contributed by atoms with Crippen molar-refractivity contribution < 1.29 is 9.66 Å². The lowest BCUT2D eigenvalue weighted by atomic mass is 10.2. The highest BCUT2D eigenvalue weighted by Crippen LogP contribution is 2.29. The molecule has 0 aliphatic heterocycles. The van der Waals surface area contributed by atoms with Crippen LogP contribution in [0.25, 0.3) is 0 Å². The number of alkyl halides is 1. The standard InChI is InChI=1S/C14H10Br2ClNO3/c15-12-6-11(18(19)20)3-2-10(12)8-21-14-4-1-9(7-17)5-13(14)16/h1-6H,7-8H2. The van der Waals surface area contributed by atoms with E-state index in [1.54, 1.807) is 6.07 Å². The minimum atomic E-state index is -0.434. The fourth-order valence-corrected chi connectivity index (χ4v) is 2.85. The van der Waals surface area contributed by atoms with E-state index in [9.17, 15) is 10.1 Å². The van der Waals surface area contributed by atoms with E-state index in [-0.39, 0.29) is 5.69 Å². The van der Waals surface area contributed by atoms with Gasteiger partial charge in [0.1, 0.15) is 12.4 Å². The third-order valence-corrected chi connectivity index (χ3v) is 4.45. The Morgan fingerprint density at radius 1 is 1.14 bits per heavy atom. The van der Waals surface area contributed by atoms with E-state index in [1.165, 1.54) is 12.1 Å². The highest BCUT2D eigenvalue weighted by atomic mass is 79.9. The third-order valence-electron chi connectivity index (χ3n) is 2.78. The van der Waals surface area contributed by atoms with Crippen LogP contribution in [0.15, 0.2) is 45.3 Å². The monoisotopic (exact) mass is 433 g/mol. The van der Waals surface area contributed by atoms with Crippen molar-refractivity contribution in [3.63, 3.8) is 0 Å². The number of rotatable bonds is 5. The van der Waals surface area contributed by atoms with E-state index in [2.05, 4.69) is 31.9 Å². The lowest BCUT2D eigenvalue weighted by Gasteiger charge is -2.10. The van der Waals surface area contributed by atoms with Gasteiger partial charge in [-0.2, -0.15) is 0 Å². The molecule has 0 radical (unpaired) electrons. The van der Waals surface area contributed by atoms with Gasteiger partial charge >= 0.3 is 0 Å². The molecule has 2 aromatic carbocycles. The number of hydrogen-bond acceptors (Lipinski definition) is 3. The van der Waals surface area contributed by atoms with Crippen LogP contribution in [0, 0.1) is 10.1 Å². The molecule has 0 atom stereocenters. The Morgan fingerprint density at radius 2 is 1.90 bits per heavy atom. The van der Waals surface area contributed by atoms with Crippen LogP contribution in [-0.2, 0) is 12.5 Å². The molecule has 21 heavy (non-hydrogen) atoms. The molecule has 110 valence electrons. The molecule has 0 aliphatic carbocycles. The van der Waals surface area contributed by atoms with Gasteiger partial charge in [-0.1, -0.05) is 22.0 Å². The van der Waals surface area contributed by atoms with Crippen molar-refractivity contribution in [1.29, 1.82) is 0 Å². The van der Waals surface area contributed by atoms with Crippen molar-refractivity contribution in [2.45, 2.75) is 12.5 Å². The van der Waals surface area contributed by atoms with Gasteiger partial charge < -0.3 is 4.74 Å². The molecule has 0 saturated heterocycles. The van der Waals surface area contributed by atoms with Gasteiger partial charge in [-0.05, 0) is 39.7 Å². The Labute approximate surface area is 143 Å². The Bertz CT molecular complexity index is 679. The average Bonchev–Trinajstić information content (AvgIpc) is 2.46. The molecule has 0 fully saturated rings. The molecule has 0 N–H and O–H groups in total. The fourth-order valence-electron chi connectivity index (χ4n) is 1.67. The normalized spacial score (nSPS) is 10.4. The number of nitrogens with zero attached hydrogens (tertiary/aromatic N) is 1. The van der Waals surface area contributed by atoms with Crippen LogP contribution in [0.2, 0.25) is 0 Å². The van der Waals surface area contributed by atoms with E-state index in [4.69, 9.17) is 16.3 Å². The minimum absolute atomic E-state index is 0.0401. The summed E-state index contributed by atoms with van der Waals surface area (Å²) in [5, 5.41) is 10.7. The number of halogens is 3. The van der Waals surface area contributed by atoms with E-state index in [0.29, 0.717) is 22.7 Å². The minimum Gasteiger partial charge on any atom is -0.488 e. The summed E-state index contributed by atoms with van der Waals surface area (Å²) >= 11 is 12.5. The molecule has 7 heteroatoms. The maximum absolute atomic E-state index is 10.7. The summed E-state index contributed by atoms with van der Waals surface area (Å²) in [5.41, 5.74) is 1.86. The molecule has 4 nitrogen and oxygen atoms in total. The summed E-state index contributed by atoms with van der Waals surface area (Å²) in [5.74, 6) is 1.13. The first-order chi connectivity index (χ1) is 10.0. The first kappa shape index (κ1) is 16.3. The lowest BCUT2D eigenvalue weighted by Crippen LogP contribution is -1.98. The zero-order chi connectivity index (χ0) is 15.4. The zero-order valence-electron chi connectivity index (χ0n) is 10.7. The van der Waals surface area contributed by atoms with Gasteiger partial charge in [0.25, 0.3) is 5.69 Å². The van der Waals surface area contributed by atoms with Crippen molar-refractivity contribution in [2.75, 3.05) is 0 Å². The van der Waals surface area contributed by atoms with Crippen molar-refractivity contribution in [3.05, 3.63) is 66.6 Å². The van der Waals surface area contributed by atoms with Gasteiger partial charge in [0.2, 0.25) is 0 Å². The Hall–Kier alpha value is -1.11. The zero-order valence-corrected chi connectivity index (χ0v) is 14.6. The summed E-state index contributed by atoms with van der Waals surface area (Å²) in [4.78, 5) is 10.3. The molecule has 0 heterocycles. The highest BCUT2D eigenvalue weighted by Gasteiger charge is 2.10. The van der Waals surface area contributed by atoms with E-state index in [1.807, 2.05) is 18.2 Å². The summed E-state index contributed by atoms with van der Waals surface area (Å²) in [7, 11) is 0. The number of non-ortho nitro benzene ring substituents is 1. The predicted octanol–water partition coefficient (Wildman–Crippen LogP) is 5.44. The van der Waals surface area contributed by atoms with Crippen LogP contribution < -0.4 is 4.74 Å². The number of nitro groups is 1. The van der Waals surface area contributed by atoms with E-state index >= 15 is 0 Å². The number of benzene rings is 2. The maximum atomic E-state index is 10.7. The molecular formula is C14H10Br2ClNO3. The SMILES string of the molecule is O=[N+]([O-])c1ccc(COc2ccc(CCl)cc2Br)c(Br)c1. The molecule has 0 aromatic heterocycles. The van der Waals surface area contributed by atoms with Gasteiger partial charge in [-0.25, -0.2) is 0 Å². The molecule has 2 aromatic rings. The number of ether oxygens (including phenoxy) is 1. The van der Waals surface area contributed by atoms with Gasteiger partial charge in [0.05, 0.1) is 9.40 Å². The van der Waals surface area contributed by atoms with Crippen LogP contribution >= 0.6 is 43.5 Å². The predicted molar refractivity (Wildman–Crippen MR) is 88.8 cm³/mol. The molecule has 2 rings (SSSR count). The van der Waals surface area contributed by atoms with Crippen LogP contribution in [-0.4, -0.2) is 4.92 Å². The van der Waals surface area contributed by atoms with Crippen molar-refractivity contribution in [3.8, 4) is 5.75 Å². The van der Waals surface area contributed by atoms with Gasteiger partial charge in [0, 0.05) is 28.0 Å². The van der Waals surface area contributed by atoms with Crippen molar-refractivity contribution in [1.82, 2.24) is 0 Å². The molecular weight excluding hydrogens is 425 g/mol. The quantitative estimate of drug-likeness (QED) is 0.357. The third kappa shape index (κ3) is 4.18. The Balaban J connectivity index is 2.11. The van der Waals surface area contributed by atoms with Crippen LogP contribution in [0.5, 0.6) is 5.75 Å². The molecule has 0 unspecified atom stereocenters. The first-order valence-electron chi connectivity index (χ1n) is 5.91. The van der Waals surface area contributed by atoms with E-state index in [0.717, 1.165) is 15.6 Å². The second kappa shape index (κ2) is 7.24. The first-order valence-corrected chi connectivity index (χ1v) is 8.03. The van der Waals surface area contributed by atoms with Crippen molar-refractivity contribution in [2.24, 2.45) is 0 Å². The Kier molecular flexibility index (Phi) is 5.61. The van der Waals surface area contributed by atoms with Crippen LogP contribution in [0.3, 0.4) is 0 Å². The van der Waals surface area contributed by atoms with Crippen LogP contribution in [0.4, 0.5) is 5.69 Å². The second-order valence-electron chi connectivity index (χ2n) is 4.22. The second-order valence-corrected chi connectivity index (χ2v) is 6.20. The largest absolute Gasteiger partial charge is 0.488 e. The smallest absolute Gasteiger partial charge is 0.270 e. The molecule has 0 bridgehead atoms. The summed E-state index contributed by atoms with van der Waals surface area (Å²) in [6.07, 6.45) is 0. The van der Waals surface area contributed by atoms with E-state index < -0.39 is 4.92 Å². The lowest BCUT2D eigenvalue weighted by molar-refractivity contribution is -0.384. The van der Waals surface area contributed by atoms with Crippen LogP contribution in [0.1, 0.15) is 11.1 Å². The van der Waals surface area contributed by atoms with Gasteiger partial charge in [0.15, 0.2) is 0 Å². The number of nitro benzene ring substituents is 1. The van der Waals surface area contributed by atoms with Gasteiger partial charge in [-0.15, -0.1) is 11.6 Å². The topological polar surface area (TPSA) is 52.4 Å². The number of hydrogen-bond donors (Lipinski definition) is 0. The summed E-state index contributed by atoms with van der Waals surface area (Å²) < 4.78 is 7.18.